The fourth-order valence-corrected chi connectivity index (χ4v) is 4.23. The SMILES string of the molecule is COc1ccnc(CN2CCCC(CNC(=O)Cc3cccs3)C2)c1OC. The number of amides is 1. The van der Waals surface area contributed by atoms with Crippen LogP contribution in [0.1, 0.15) is 23.4 Å². The highest BCUT2D eigenvalue weighted by Crippen LogP contribution is 2.30. The Bertz CT molecular complexity index is 736. The van der Waals surface area contributed by atoms with E-state index in [1.807, 2.05) is 23.6 Å². The Balaban J connectivity index is 1.51. The summed E-state index contributed by atoms with van der Waals surface area (Å²) in [7, 11) is 3.28. The third-order valence-electron chi connectivity index (χ3n) is 4.85. The largest absolute Gasteiger partial charge is 0.493 e. The maximum absolute atomic E-state index is 12.1. The minimum absolute atomic E-state index is 0.103. The van der Waals surface area contributed by atoms with Crippen molar-refractivity contribution < 1.29 is 14.3 Å². The number of nitrogens with one attached hydrogen (secondary N) is 1. The van der Waals surface area contributed by atoms with Gasteiger partial charge in [0, 0.05) is 36.8 Å². The zero-order valence-corrected chi connectivity index (χ0v) is 16.8. The summed E-state index contributed by atoms with van der Waals surface area (Å²) in [6.45, 7) is 3.42. The zero-order chi connectivity index (χ0) is 19.1. The van der Waals surface area contributed by atoms with Crippen molar-refractivity contribution >= 4 is 17.2 Å². The van der Waals surface area contributed by atoms with Gasteiger partial charge in [0.2, 0.25) is 5.91 Å². The topological polar surface area (TPSA) is 63.7 Å². The van der Waals surface area contributed by atoms with Crippen LogP contribution in [-0.2, 0) is 17.8 Å². The first-order valence-electron chi connectivity index (χ1n) is 9.27. The van der Waals surface area contributed by atoms with Crippen LogP contribution in [0.15, 0.2) is 29.8 Å². The molecular weight excluding hydrogens is 362 g/mol. The molecule has 1 amide bonds. The third kappa shape index (κ3) is 5.43. The fourth-order valence-electron chi connectivity index (χ4n) is 3.53. The molecule has 1 N–H and O–H groups in total. The van der Waals surface area contributed by atoms with E-state index in [2.05, 4.69) is 15.2 Å². The number of hydrogen-bond donors (Lipinski definition) is 1. The van der Waals surface area contributed by atoms with Crippen molar-refractivity contribution in [3.05, 3.63) is 40.3 Å². The molecule has 6 nitrogen and oxygen atoms in total. The van der Waals surface area contributed by atoms with Crippen LogP contribution in [0.25, 0.3) is 0 Å². The second-order valence-corrected chi connectivity index (χ2v) is 7.83. The van der Waals surface area contributed by atoms with Gasteiger partial charge in [0.1, 0.15) is 5.69 Å². The van der Waals surface area contributed by atoms with E-state index in [-0.39, 0.29) is 5.91 Å². The lowest BCUT2D eigenvalue weighted by atomic mass is 9.97. The highest BCUT2D eigenvalue weighted by molar-refractivity contribution is 7.10. The number of nitrogens with zero attached hydrogens (tertiary/aromatic N) is 2. The molecular formula is C20H27N3O3S. The molecule has 0 radical (unpaired) electrons. The van der Waals surface area contributed by atoms with Crippen LogP contribution < -0.4 is 14.8 Å². The second kappa shape index (κ2) is 9.71. The lowest BCUT2D eigenvalue weighted by molar-refractivity contribution is -0.120. The first kappa shape index (κ1) is 19.6. The molecule has 27 heavy (non-hydrogen) atoms. The van der Waals surface area contributed by atoms with E-state index in [9.17, 15) is 4.79 Å². The first-order chi connectivity index (χ1) is 13.2. The highest BCUT2D eigenvalue weighted by atomic mass is 32.1. The summed E-state index contributed by atoms with van der Waals surface area (Å²) in [4.78, 5) is 20.1. The predicted octanol–water partition coefficient (Wildman–Crippen LogP) is 2.73. The van der Waals surface area contributed by atoms with Crippen LogP contribution in [0, 0.1) is 5.92 Å². The molecule has 0 aliphatic carbocycles. The number of hydrogen-bond acceptors (Lipinski definition) is 6. The Kier molecular flexibility index (Phi) is 7.06. The molecule has 2 aromatic heterocycles. The summed E-state index contributed by atoms with van der Waals surface area (Å²) in [5.41, 5.74) is 0.888. The molecule has 1 aliphatic heterocycles. The predicted molar refractivity (Wildman–Crippen MR) is 106 cm³/mol. The number of carbonyl (C=O) groups excluding carboxylic acids is 1. The van der Waals surface area contributed by atoms with Crippen molar-refractivity contribution in [2.45, 2.75) is 25.8 Å². The Morgan fingerprint density at radius 3 is 3.00 bits per heavy atom. The Hall–Kier alpha value is -2.12. The van der Waals surface area contributed by atoms with Gasteiger partial charge in [-0.05, 0) is 36.8 Å². The zero-order valence-electron chi connectivity index (χ0n) is 15.9. The van der Waals surface area contributed by atoms with E-state index >= 15 is 0 Å². The van der Waals surface area contributed by atoms with Crippen molar-refractivity contribution in [2.75, 3.05) is 33.9 Å². The smallest absolute Gasteiger partial charge is 0.225 e. The summed E-state index contributed by atoms with van der Waals surface area (Å²) < 4.78 is 10.9. The first-order valence-corrected chi connectivity index (χ1v) is 10.1. The number of carbonyl (C=O) groups is 1. The van der Waals surface area contributed by atoms with Gasteiger partial charge in [-0.15, -0.1) is 11.3 Å². The van der Waals surface area contributed by atoms with Gasteiger partial charge in [-0.2, -0.15) is 0 Å². The molecule has 1 fully saturated rings. The minimum Gasteiger partial charge on any atom is -0.493 e. The van der Waals surface area contributed by atoms with E-state index in [0.717, 1.165) is 49.6 Å². The van der Waals surface area contributed by atoms with Crippen molar-refractivity contribution in [1.82, 2.24) is 15.2 Å². The third-order valence-corrected chi connectivity index (χ3v) is 5.72. The van der Waals surface area contributed by atoms with Crippen molar-refractivity contribution in [3.63, 3.8) is 0 Å². The maximum Gasteiger partial charge on any atom is 0.225 e. The Morgan fingerprint density at radius 2 is 2.26 bits per heavy atom. The number of piperidine rings is 1. The van der Waals surface area contributed by atoms with E-state index in [4.69, 9.17) is 9.47 Å². The van der Waals surface area contributed by atoms with E-state index < -0.39 is 0 Å². The molecule has 3 heterocycles. The Labute approximate surface area is 164 Å². The molecule has 0 bridgehead atoms. The maximum atomic E-state index is 12.1. The molecule has 1 unspecified atom stereocenters. The van der Waals surface area contributed by atoms with Crippen LogP contribution in [0.5, 0.6) is 11.5 Å². The van der Waals surface area contributed by atoms with Gasteiger partial charge in [0.05, 0.1) is 20.6 Å². The summed E-state index contributed by atoms with van der Waals surface area (Å²) in [6, 6.07) is 5.79. The van der Waals surface area contributed by atoms with Crippen molar-refractivity contribution in [3.8, 4) is 11.5 Å². The number of ether oxygens (including phenoxy) is 2. The van der Waals surface area contributed by atoms with E-state index in [1.165, 1.54) is 0 Å². The molecule has 1 atom stereocenters. The fraction of sp³-hybridized carbons (Fsp3) is 0.500. The second-order valence-electron chi connectivity index (χ2n) is 6.80. The summed E-state index contributed by atoms with van der Waals surface area (Å²) >= 11 is 1.62. The average Bonchev–Trinajstić information content (AvgIpc) is 3.19. The lowest BCUT2D eigenvalue weighted by Crippen LogP contribution is -2.41. The number of thiophene rings is 1. The van der Waals surface area contributed by atoms with Gasteiger partial charge >= 0.3 is 0 Å². The molecule has 0 saturated carbocycles. The standard InChI is InChI=1S/C20H27N3O3S/c1-25-18-7-8-21-17(20(18)26-2)14-23-9-3-5-15(13-23)12-22-19(24)11-16-6-4-10-27-16/h4,6-8,10,15H,3,5,9,11-14H2,1-2H3,(H,22,24). The van der Waals surface area contributed by atoms with Crippen LogP contribution in [-0.4, -0.2) is 49.6 Å². The van der Waals surface area contributed by atoms with Crippen LogP contribution in [0.4, 0.5) is 0 Å². The van der Waals surface area contributed by atoms with Gasteiger partial charge in [0.25, 0.3) is 0 Å². The van der Waals surface area contributed by atoms with Crippen molar-refractivity contribution in [2.24, 2.45) is 5.92 Å². The molecule has 0 aromatic carbocycles. The van der Waals surface area contributed by atoms with Crippen LogP contribution >= 0.6 is 11.3 Å². The lowest BCUT2D eigenvalue weighted by Gasteiger charge is -2.32. The summed E-state index contributed by atoms with van der Waals surface area (Å²) in [5.74, 6) is 1.97. The van der Waals surface area contributed by atoms with Gasteiger partial charge in [0.15, 0.2) is 11.5 Å². The quantitative estimate of drug-likeness (QED) is 0.752. The van der Waals surface area contributed by atoms with Crippen LogP contribution in [0.2, 0.25) is 0 Å². The number of aromatic nitrogens is 1. The number of methoxy groups -OCH3 is 2. The molecule has 2 aromatic rings. The molecule has 0 spiro atoms. The molecule has 1 saturated heterocycles. The minimum atomic E-state index is 0.103. The van der Waals surface area contributed by atoms with Crippen LogP contribution in [0.3, 0.4) is 0 Å². The van der Waals surface area contributed by atoms with Gasteiger partial charge < -0.3 is 14.8 Å². The molecule has 3 rings (SSSR count). The number of rotatable bonds is 8. The summed E-state index contributed by atoms with van der Waals surface area (Å²) in [6.07, 6.45) is 4.48. The van der Waals surface area contributed by atoms with Gasteiger partial charge in [-0.25, -0.2) is 0 Å². The average molecular weight is 390 g/mol. The van der Waals surface area contributed by atoms with Crippen molar-refractivity contribution in [1.29, 1.82) is 0 Å². The highest BCUT2D eigenvalue weighted by Gasteiger charge is 2.22. The number of pyridine rings is 1. The normalized spacial score (nSPS) is 17.5. The summed E-state index contributed by atoms with van der Waals surface area (Å²) in [5, 5.41) is 5.10. The molecule has 7 heteroatoms. The van der Waals surface area contributed by atoms with Gasteiger partial charge in [-0.3, -0.25) is 14.7 Å². The number of likely N-dealkylation sites (tertiary alicyclic amines) is 1. The van der Waals surface area contributed by atoms with E-state index in [1.54, 1.807) is 31.8 Å². The van der Waals surface area contributed by atoms with E-state index in [0.29, 0.717) is 23.8 Å². The Morgan fingerprint density at radius 1 is 1.37 bits per heavy atom. The van der Waals surface area contributed by atoms with Gasteiger partial charge in [-0.1, -0.05) is 6.07 Å². The molecule has 146 valence electrons. The molecule has 1 aliphatic rings. The monoisotopic (exact) mass is 389 g/mol.